The summed E-state index contributed by atoms with van der Waals surface area (Å²) in [6, 6.07) is 7.86. The van der Waals surface area contributed by atoms with Gasteiger partial charge in [-0.25, -0.2) is 4.98 Å². The molecule has 0 aliphatic heterocycles. The van der Waals surface area contributed by atoms with E-state index in [1.54, 1.807) is 0 Å². The third-order valence-corrected chi connectivity index (χ3v) is 4.98. The molecule has 0 amide bonds. The monoisotopic (exact) mass is 306 g/mol. The quantitative estimate of drug-likeness (QED) is 0.597. The molecule has 0 radical (unpaired) electrons. The molecule has 1 aromatic carbocycles. The molecule has 0 bridgehead atoms. The summed E-state index contributed by atoms with van der Waals surface area (Å²) in [5.41, 5.74) is 2.01. The largest absolute Gasteiger partial charge is 0.293 e. The predicted octanol–water partition coefficient (Wildman–Crippen LogP) is 4.03. The van der Waals surface area contributed by atoms with Gasteiger partial charge in [-0.2, -0.15) is 4.37 Å². The standard InChI is InChI=1S/C15H18N2OS2/c1-4-11-6-8-12(9-7-11)14(18)10(3)19-15-16-13(5-2)17-20-15/h6-10H,4-5H2,1-3H3. The van der Waals surface area contributed by atoms with Crippen LogP contribution in [0.5, 0.6) is 0 Å². The fraction of sp³-hybridized carbons (Fsp3) is 0.400. The second-order valence-corrected chi connectivity index (χ2v) is 6.84. The highest BCUT2D eigenvalue weighted by Gasteiger charge is 2.18. The number of hydrogen-bond donors (Lipinski definition) is 0. The van der Waals surface area contributed by atoms with Crippen LogP contribution in [0.4, 0.5) is 0 Å². The highest BCUT2D eigenvalue weighted by atomic mass is 32.2. The number of carbonyl (C=O) groups excluding carboxylic acids is 1. The van der Waals surface area contributed by atoms with E-state index in [2.05, 4.69) is 16.3 Å². The zero-order chi connectivity index (χ0) is 14.5. The molecule has 0 fully saturated rings. The minimum Gasteiger partial charge on any atom is -0.293 e. The summed E-state index contributed by atoms with van der Waals surface area (Å²) in [5.74, 6) is 0.996. The average Bonchev–Trinajstić information content (AvgIpc) is 2.94. The first-order valence-electron chi connectivity index (χ1n) is 6.76. The molecule has 1 unspecified atom stereocenters. The Hall–Kier alpha value is -1.20. The van der Waals surface area contributed by atoms with Gasteiger partial charge in [0.1, 0.15) is 5.82 Å². The van der Waals surface area contributed by atoms with Gasteiger partial charge in [-0.1, -0.05) is 49.9 Å². The molecule has 3 nitrogen and oxygen atoms in total. The van der Waals surface area contributed by atoms with Gasteiger partial charge in [-0.05, 0) is 30.4 Å². The molecular formula is C15H18N2OS2. The minimum absolute atomic E-state index is 0.139. The molecular weight excluding hydrogens is 288 g/mol. The number of rotatable bonds is 6. The maximum atomic E-state index is 12.4. The maximum absolute atomic E-state index is 12.4. The molecule has 0 saturated heterocycles. The van der Waals surface area contributed by atoms with E-state index in [1.165, 1.54) is 28.9 Å². The Labute approximate surface area is 128 Å². The number of carbonyl (C=O) groups is 1. The zero-order valence-electron chi connectivity index (χ0n) is 11.9. The Morgan fingerprint density at radius 2 is 1.95 bits per heavy atom. The Kier molecular flexibility index (Phi) is 5.31. The molecule has 1 heterocycles. The van der Waals surface area contributed by atoms with Crippen LogP contribution in [-0.4, -0.2) is 20.4 Å². The van der Waals surface area contributed by atoms with Crippen molar-refractivity contribution in [1.82, 2.24) is 9.36 Å². The highest BCUT2D eigenvalue weighted by Crippen LogP contribution is 2.27. The van der Waals surface area contributed by atoms with Gasteiger partial charge in [0.15, 0.2) is 10.1 Å². The van der Waals surface area contributed by atoms with Gasteiger partial charge < -0.3 is 0 Å². The van der Waals surface area contributed by atoms with Crippen molar-refractivity contribution in [3.8, 4) is 0 Å². The second-order valence-electron chi connectivity index (χ2n) is 4.50. The van der Waals surface area contributed by atoms with E-state index >= 15 is 0 Å². The molecule has 0 spiro atoms. The van der Waals surface area contributed by atoms with E-state index in [-0.39, 0.29) is 11.0 Å². The molecule has 1 aromatic heterocycles. The van der Waals surface area contributed by atoms with Crippen molar-refractivity contribution in [3.63, 3.8) is 0 Å². The number of Topliss-reactive ketones (excluding diaryl/α,β-unsaturated/α-hetero) is 1. The molecule has 5 heteroatoms. The Morgan fingerprint density at radius 3 is 2.50 bits per heavy atom. The van der Waals surface area contributed by atoms with Crippen molar-refractivity contribution in [3.05, 3.63) is 41.2 Å². The normalized spacial score (nSPS) is 12.3. The lowest BCUT2D eigenvalue weighted by atomic mass is 10.1. The maximum Gasteiger partial charge on any atom is 0.175 e. The topological polar surface area (TPSA) is 42.9 Å². The summed E-state index contributed by atoms with van der Waals surface area (Å²) in [6.45, 7) is 6.06. The molecule has 0 aliphatic rings. The van der Waals surface area contributed by atoms with Gasteiger partial charge >= 0.3 is 0 Å². The van der Waals surface area contributed by atoms with Crippen LogP contribution in [-0.2, 0) is 12.8 Å². The molecule has 2 aromatic rings. The SMILES string of the molecule is CCc1ccc(C(=O)C(C)Sc2nc(CC)ns2)cc1. The van der Waals surface area contributed by atoms with Crippen LogP contribution in [0.2, 0.25) is 0 Å². The first-order valence-corrected chi connectivity index (χ1v) is 8.41. The molecule has 1 atom stereocenters. The minimum atomic E-state index is -0.139. The molecule has 0 saturated carbocycles. The lowest BCUT2D eigenvalue weighted by Crippen LogP contribution is -2.13. The molecule has 20 heavy (non-hydrogen) atoms. The van der Waals surface area contributed by atoms with Crippen molar-refractivity contribution in [1.29, 1.82) is 0 Å². The Bertz CT molecular complexity index is 578. The molecule has 2 rings (SSSR count). The van der Waals surface area contributed by atoms with E-state index in [4.69, 9.17) is 0 Å². The number of aromatic nitrogens is 2. The fourth-order valence-electron chi connectivity index (χ4n) is 1.77. The van der Waals surface area contributed by atoms with Gasteiger partial charge in [0.2, 0.25) is 0 Å². The Morgan fingerprint density at radius 1 is 1.25 bits per heavy atom. The number of thioether (sulfide) groups is 1. The van der Waals surface area contributed by atoms with Crippen molar-refractivity contribution in [2.24, 2.45) is 0 Å². The Balaban J connectivity index is 2.03. The van der Waals surface area contributed by atoms with E-state index in [1.807, 2.05) is 38.1 Å². The summed E-state index contributed by atoms with van der Waals surface area (Å²) in [7, 11) is 0. The zero-order valence-corrected chi connectivity index (χ0v) is 13.6. The van der Waals surface area contributed by atoms with Crippen molar-refractivity contribution < 1.29 is 4.79 Å². The van der Waals surface area contributed by atoms with Gasteiger partial charge in [0, 0.05) is 12.0 Å². The lowest BCUT2D eigenvalue weighted by molar-refractivity contribution is 0.0994. The number of benzene rings is 1. The molecule has 106 valence electrons. The van der Waals surface area contributed by atoms with Crippen LogP contribution < -0.4 is 0 Å². The average molecular weight is 306 g/mol. The van der Waals surface area contributed by atoms with Gasteiger partial charge in [0.05, 0.1) is 5.25 Å². The van der Waals surface area contributed by atoms with Crippen molar-refractivity contribution in [2.75, 3.05) is 0 Å². The van der Waals surface area contributed by atoms with Crippen molar-refractivity contribution in [2.45, 2.75) is 43.2 Å². The van der Waals surface area contributed by atoms with Crippen LogP contribution in [0, 0.1) is 0 Å². The van der Waals surface area contributed by atoms with Crippen molar-refractivity contribution >= 4 is 29.1 Å². The summed E-state index contributed by atoms with van der Waals surface area (Å²) in [6.07, 6.45) is 1.82. The number of aryl methyl sites for hydroxylation is 2. The van der Waals surface area contributed by atoms with Crippen LogP contribution in [0.25, 0.3) is 0 Å². The number of hydrogen-bond acceptors (Lipinski definition) is 5. The molecule has 0 aliphatic carbocycles. The number of nitrogens with zero attached hydrogens (tertiary/aromatic N) is 2. The van der Waals surface area contributed by atoms with Crippen LogP contribution in [0.3, 0.4) is 0 Å². The third-order valence-electron chi connectivity index (χ3n) is 3.06. The van der Waals surface area contributed by atoms with E-state index < -0.39 is 0 Å². The predicted molar refractivity (Wildman–Crippen MR) is 84.8 cm³/mol. The van der Waals surface area contributed by atoms with Gasteiger partial charge in [-0.3, -0.25) is 4.79 Å². The third kappa shape index (κ3) is 3.67. The first-order chi connectivity index (χ1) is 9.63. The summed E-state index contributed by atoms with van der Waals surface area (Å²) < 4.78 is 5.11. The summed E-state index contributed by atoms with van der Waals surface area (Å²) in [5, 5.41) is -0.139. The van der Waals surface area contributed by atoms with E-state index in [9.17, 15) is 4.79 Å². The summed E-state index contributed by atoms with van der Waals surface area (Å²) in [4.78, 5) is 16.8. The fourth-order valence-corrected chi connectivity index (χ4v) is 3.69. The van der Waals surface area contributed by atoms with E-state index in [0.717, 1.165) is 28.6 Å². The van der Waals surface area contributed by atoms with Gasteiger partial charge in [-0.15, -0.1) is 0 Å². The van der Waals surface area contributed by atoms with Gasteiger partial charge in [0.25, 0.3) is 0 Å². The summed E-state index contributed by atoms with van der Waals surface area (Å²) >= 11 is 2.86. The molecule has 0 N–H and O–H groups in total. The lowest BCUT2D eigenvalue weighted by Gasteiger charge is -2.08. The smallest absolute Gasteiger partial charge is 0.175 e. The highest BCUT2D eigenvalue weighted by molar-refractivity contribution is 8.02. The van der Waals surface area contributed by atoms with E-state index in [0.29, 0.717) is 0 Å². The first kappa shape index (κ1) is 15.2. The van der Waals surface area contributed by atoms with Crippen LogP contribution >= 0.6 is 23.3 Å². The number of ketones is 1. The van der Waals surface area contributed by atoms with Crippen LogP contribution in [0.1, 0.15) is 42.5 Å². The van der Waals surface area contributed by atoms with Crippen LogP contribution in [0.15, 0.2) is 28.6 Å². The second kappa shape index (κ2) is 6.99.